The fourth-order valence-corrected chi connectivity index (χ4v) is 2.95. The number of halogens is 2. The lowest BCUT2D eigenvalue weighted by molar-refractivity contribution is -0.138. The summed E-state index contributed by atoms with van der Waals surface area (Å²) in [5.74, 6) is -1.17. The van der Waals surface area contributed by atoms with Gasteiger partial charge in [-0.05, 0) is 42.7 Å². The summed E-state index contributed by atoms with van der Waals surface area (Å²) in [4.78, 5) is 25.0. The zero-order valence-corrected chi connectivity index (χ0v) is 14.6. The highest BCUT2D eigenvalue weighted by molar-refractivity contribution is 6.34. The highest BCUT2D eigenvalue weighted by Crippen LogP contribution is 2.22. The molecular formula is C17H19Cl2NO4. The van der Waals surface area contributed by atoms with Crippen LogP contribution in [0, 0.1) is 0 Å². The first-order valence-corrected chi connectivity index (χ1v) is 8.46. The minimum Gasteiger partial charge on any atom is -0.481 e. The van der Waals surface area contributed by atoms with Crippen LogP contribution in [0.25, 0.3) is 6.08 Å². The third-order valence-electron chi connectivity index (χ3n) is 3.84. The van der Waals surface area contributed by atoms with Crippen LogP contribution in [0.5, 0.6) is 0 Å². The molecule has 24 heavy (non-hydrogen) atoms. The van der Waals surface area contributed by atoms with Gasteiger partial charge in [0, 0.05) is 41.9 Å². The van der Waals surface area contributed by atoms with Crippen LogP contribution in [0.4, 0.5) is 0 Å². The number of carbonyl (C=O) groups excluding carboxylic acids is 1. The molecule has 1 fully saturated rings. The molecule has 0 spiro atoms. The molecule has 1 aromatic carbocycles. The second-order valence-electron chi connectivity index (χ2n) is 5.52. The van der Waals surface area contributed by atoms with Crippen molar-refractivity contribution in [3.05, 3.63) is 39.9 Å². The predicted molar refractivity (Wildman–Crippen MR) is 93.3 cm³/mol. The van der Waals surface area contributed by atoms with Crippen molar-refractivity contribution >= 4 is 41.2 Å². The molecule has 0 unspecified atom stereocenters. The van der Waals surface area contributed by atoms with Gasteiger partial charge in [-0.3, -0.25) is 9.59 Å². The summed E-state index contributed by atoms with van der Waals surface area (Å²) in [6, 6.07) is 4.99. The molecule has 0 bridgehead atoms. The van der Waals surface area contributed by atoms with E-state index in [2.05, 4.69) is 0 Å². The molecule has 1 aliphatic rings. The van der Waals surface area contributed by atoms with E-state index in [4.69, 9.17) is 33.0 Å². The Kier molecular flexibility index (Phi) is 7.09. The maximum atomic E-state index is 12.6. The highest BCUT2D eigenvalue weighted by Gasteiger charge is 2.24. The number of ether oxygens (including phenoxy) is 1. The van der Waals surface area contributed by atoms with Crippen LogP contribution in [0.2, 0.25) is 10.0 Å². The normalized spacial score (nSPS) is 15.6. The van der Waals surface area contributed by atoms with E-state index >= 15 is 0 Å². The Morgan fingerprint density at radius 2 is 2.00 bits per heavy atom. The molecular weight excluding hydrogens is 353 g/mol. The molecule has 1 amide bonds. The van der Waals surface area contributed by atoms with Crippen LogP contribution in [0.15, 0.2) is 24.3 Å². The first-order chi connectivity index (χ1) is 11.5. The Balaban J connectivity index is 2.12. The summed E-state index contributed by atoms with van der Waals surface area (Å²) >= 11 is 12.0. The smallest absolute Gasteiger partial charge is 0.305 e. The molecule has 7 heteroatoms. The lowest BCUT2D eigenvalue weighted by Crippen LogP contribution is -2.43. The second-order valence-corrected chi connectivity index (χ2v) is 6.36. The fourth-order valence-electron chi connectivity index (χ4n) is 2.58. The molecule has 0 aliphatic carbocycles. The number of benzene rings is 1. The maximum Gasteiger partial charge on any atom is 0.305 e. The average molecular weight is 372 g/mol. The van der Waals surface area contributed by atoms with Crippen molar-refractivity contribution in [3.8, 4) is 0 Å². The third-order valence-corrected chi connectivity index (χ3v) is 4.42. The second kappa shape index (κ2) is 9.06. The van der Waals surface area contributed by atoms with Crippen molar-refractivity contribution in [3.63, 3.8) is 0 Å². The van der Waals surface area contributed by atoms with Crippen molar-refractivity contribution in [2.75, 3.05) is 19.8 Å². The van der Waals surface area contributed by atoms with Gasteiger partial charge in [0.1, 0.15) is 0 Å². The van der Waals surface area contributed by atoms with Crippen molar-refractivity contribution in [1.82, 2.24) is 4.90 Å². The standard InChI is InChI=1S/C17H19Cl2NO4/c18-13-2-3-15(19)12(11-13)1-4-16(21)20(8-5-17(22)23)14-6-9-24-10-7-14/h1-4,11,14H,5-10H2,(H,22,23)/b4-1+. The van der Waals surface area contributed by atoms with Crippen molar-refractivity contribution in [2.24, 2.45) is 0 Å². The topological polar surface area (TPSA) is 66.8 Å². The molecule has 2 rings (SSSR count). The first-order valence-electron chi connectivity index (χ1n) is 7.70. The molecule has 0 atom stereocenters. The van der Waals surface area contributed by atoms with Gasteiger partial charge in [0.05, 0.1) is 6.42 Å². The predicted octanol–water partition coefficient (Wildman–Crippen LogP) is 3.49. The van der Waals surface area contributed by atoms with Crippen LogP contribution < -0.4 is 0 Å². The molecule has 1 N–H and O–H groups in total. The van der Waals surface area contributed by atoms with Crippen LogP contribution in [-0.2, 0) is 14.3 Å². The minimum atomic E-state index is -0.929. The van der Waals surface area contributed by atoms with Crippen LogP contribution in [0.1, 0.15) is 24.8 Å². The average Bonchev–Trinajstić information content (AvgIpc) is 2.56. The number of hydrogen-bond acceptors (Lipinski definition) is 3. The van der Waals surface area contributed by atoms with Gasteiger partial charge in [0.25, 0.3) is 0 Å². The highest BCUT2D eigenvalue weighted by atomic mass is 35.5. The van der Waals surface area contributed by atoms with Gasteiger partial charge in [-0.25, -0.2) is 0 Å². The lowest BCUT2D eigenvalue weighted by atomic mass is 10.1. The van der Waals surface area contributed by atoms with E-state index in [-0.39, 0.29) is 24.9 Å². The summed E-state index contributed by atoms with van der Waals surface area (Å²) in [7, 11) is 0. The van der Waals surface area contributed by atoms with Gasteiger partial charge in [0.2, 0.25) is 5.91 Å². The molecule has 0 aromatic heterocycles. The Hall–Kier alpha value is -1.56. The van der Waals surface area contributed by atoms with E-state index in [1.165, 1.54) is 6.08 Å². The number of carboxylic acid groups (broad SMARTS) is 1. The SMILES string of the molecule is O=C(O)CCN(C(=O)/C=C/c1cc(Cl)ccc1Cl)C1CCOCC1. The molecule has 0 saturated carbocycles. The minimum absolute atomic E-state index is 0.00918. The van der Waals surface area contributed by atoms with Gasteiger partial charge < -0.3 is 14.7 Å². The molecule has 1 aliphatic heterocycles. The molecule has 1 aromatic rings. The number of carbonyl (C=O) groups is 2. The zero-order chi connectivity index (χ0) is 17.5. The summed E-state index contributed by atoms with van der Waals surface area (Å²) in [6.45, 7) is 1.32. The first kappa shape index (κ1) is 18.8. The number of aliphatic carboxylic acids is 1. The van der Waals surface area contributed by atoms with Crippen LogP contribution >= 0.6 is 23.2 Å². The van der Waals surface area contributed by atoms with E-state index in [0.717, 1.165) is 0 Å². The Morgan fingerprint density at radius 1 is 1.29 bits per heavy atom. The van der Waals surface area contributed by atoms with Gasteiger partial charge in [-0.2, -0.15) is 0 Å². The fraction of sp³-hybridized carbons (Fsp3) is 0.412. The van der Waals surface area contributed by atoms with E-state index in [9.17, 15) is 9.59 Å². The third kappa shape index (κ3) is 5.51. The molecule has 0 radical (unpaired) electrons. The van der Waals surface area contributed by atoms with E-state index in [1.54, 1.807) is 29.2 Å². The van der Waals surface area contributed by atoms with E-state index in [1.807, 2.05) is 0 Å². The van der Waals surface area contributed by atoms with Gasteiger partial charge >= 0.3 is 5.97 Å². The quantitative estimate of drug-likeness (QED) is 0.777. The molecule has 130 valence electrons. The monoisotopic (exact) mass is 371 g/mol. The van der Waals surface area contributed by atoms with Crippen molar-refractivity contribution in [1.29, 1.82) is 0 Å². The maximum absolute atomic E-state index is 12.6. The summed E-state index contributed by atoms with van der Waals surface area (Å²) < 4.78 is 5.31. The van der Waals surface area contributed by atoms with Crippen molar-refractivity contribution in [2.45, 2.75) is 25.3 Å². The number of rotatable bonds is 6. The van der Waals surface area contributed by atoms with Crippen LogP contribution in [-0.4, -0.2) is 47.7 Å². The molecule has 1 saturated heterocycles. The Morgan fingerprint density at radius 3 is 2.67 bits per heavy atom. The summed E-state index contributed by atoms with van der Waals surface area (Å²) in [6.07, 6.45) is 4.33. The van der Waals surface area contributed by atoms with Gasteiger partial charge in [-0.1, -0.05) is 23.2 Å². The number of carboxylic acids is 1. The Bertz CT molecular complexity index is 627. The number of amides is 1. The summed E-state index contributed by atoms with van der Waals surface area (Å²) in [5.41, 5.74) is 0.641. The van der Waals surface area contributed by atoms with E-state index < -0.39 is 5.97 Å². The van der Waals surface area contributed by atoms with Gasteiger partial charge in [-0.15, -0.1) is 0 Å². The van der Waals surface area contributed by atoms with Crippen molar-refractivity contribution < 1.29 is 19.4 Å². The zero-order valence-electron chi connectivity index (χ0n) is 13.1. The number of hydrogen-bond donors (Lipinski definition) is 1. The Labute approximate surface area is 150 Å². The van der Waals surface area contributed by atoms with E-state index in [0.29, 0.717) is 41.7 Å². The summed E-state index contributed by atoms with van der Waals surface area (Å²) in [5, 5.41) is 9.92. The van der Waals surface area contributed by atoms with Gasteiger partial charge in [0.15, 0.2) is 0 Å². The lowest BCUT2D eigenvalue weighted by Gasteiger charge is -2.33. The largest absolute Gasteiger partial charge is 0.481 e. The molecule has 5 nitrogen and oxygen atoms in total. The number of nitrogens with zero attached hydrogens (tertiary/aromatic N) is 1. The molecule has 1 heterocycles. The van der Waals surface area contributed by atoms with Crippen LogP contribution in [0.3, 0.4) is 0 Å².